The van der Waals surface area contributed by atoms with Crippen molar-refractivity contribution in [3.63, 3.8) is 0 Å². The zero-order valence-corrected chi connectivity index (χ0v) is 13.4. The molecule has 3 heterocycles. The molecule has 122 valence electrons. The lowest BCUT2D eigenvalue weighted by Crippen LogP contribution is -2.35. The highest BCUT2D eigenvalue weighted by Crippen LogP contribution is 2.31. The summed E-state index contributed by atoms with van der Waals surface area (Å²) in [5.74, 6) is 1.14. The van der Waals surface area contributed by atoms with Gasteiger partial charge in [0.15, 0.2) is 0 Å². The molecule has 1 saturated heterocycles. The molecular weight excluding hydrogens is 296 g/mol. The van der Waals surface area contributed by atoms with E-state index in [-0.39, 0.29) is 18.0 Å². The largest absolute Gasteiger partial charge is 0.344 e. The molecule has 2 aromatic heterocycles. The van der Waals surface area contributed by atoms with Crippen molar-refractivity contribution in [1.82, 2.24) is 25.3 Å². The number of likely N-dealkylation sites (tertiary alicyclic amines) is 1. The van der Waals surface area contributed by atoms with Gasteiger partial charge in [-0.3, -0.25) is 9.78 Å². The second kappa shape index (κ2) is 6.33. The maximum atomic E-state index is 12.1. The van der Waals surface area contributed by atoms with E-state index in [1.807, 2.05) is 33.3 Å². The summed E-state index contributed by atoms with van der Waals surface area (Å²) in [6.45, 7) is 0.420. The van der Waals surface area contributed by atoms with E-state index in [4.69, 9.17) is 4.52 Å². The Morgan fingerprint density at radius 1 is 1.48 bits per heavy atom. The summed E-state index contributed by atoms with van der Waals surface area (Å²) in [5, 5.41) is 7.23. The molecule has 1 fully saturated rings. The number of pyridine rings is 1. The van der Waals surface area contributed by atoms with E-state index in [9.17, 15) is 4.79 Å². The molecule has 0 saturated carbocycles. The Morgan fingerprint density at radius 3 is 2.96 bits per heavy atom. The number of nitrogens with one attached hydrogen (secondary N) is 1. The molecule has 0 bridgehead atoms. The Hall–Kier alpha value is -2.48. The summed E-state index contributed by atoms with van der Waals surface area (Å²) >= 11 is 0. The van der Waals surface area contributed by atoms with Crippen molar-refractivity contribution in [2.45, 2.75) is 25.0 Å². The van der Waals surface area contributed by atoms with Crippen LogP contribution in [0.1, 0.15) is 23.9 Å². The minimum atomic E-state index is -0.0487. The number of likely N-dealkylation sites (N-methyl/N-ethyl adjacent to an activating group) is 1. The summed E-state index contributed by atoms with van der Waals surface area (Å²) in [4.78, 5) is 24.0. The van der Waals surface area contributed by atoms with Crippen LogP contribution in [0, 0.1) is 0 Å². The summed E-state index contributed by atoms with van der Waals surface area (Å²) < 4.78 is 5.20. The Kier molecular flexibility index (Phi) is 4.24. The van der Waals surface area contributed by atoms with Gasteiger partial charge in [0, 0.05) is 46.0 Å². The predicted molar refractivity (Wildman–Crippen MR) is 83.6 cm³/mol. The van der Waals surface area contributed by atoms with Crippen LogP contribution < -0.4 is 10.2 Å². The van der Waals surface area contributed by atoms with Crippen molar-refractivity contribution in [2.75, 3.05) is 26.0 Å². The lowest BCUT2D eigenvalue weighted by molar-refractivity contribution is -0.127. The first-order chi connectivity index (χ1) is 11.1. The van der Waals surface area contributed by atoms with E-state index >= 15 is 0 Å². The van der Waals surface area contributed by atoms with Gasteiger partial charge in [-0.1, -0.05) is 6.07 Å². The van der Waals surface area contributed by atoms with Gasteiger partial charge in [-0.25, -0.2) is 0 Å². The van der Waals surface area contributed by atoms with Crippen molar-refractivity contribution in [3.8, 4) is 0 Å². The first-order valence-electron chi connectivity index (χ1n) is 7.45. The summed E-state index contributed by atoms with van der Waals surface area (Å²) in [5.41, 5.74) is 1.01. The highest BCUT2D eigenvalue weighted by Gasteiger charge is 2.38. The number of hydrogen-bond donors (Lipinski definition) is 1. The third kappa shape index (κ3) is 3.16. The molecule has 8 nitrogen and oxygen atoms in total. The normalized spacial score (nSPS) is 21.0. The maximum absolute atomic E-state index is 12.1. The minimum Gasteiger partial charge on any atom is -0.344 e. The summed E-state index contributed by atoms with van der Waals surface area (Å²) in [6, 6.07) is 3.79. The minimum absolute atomic E-state index is 0.0218. The Labute approximate surface area is 134 Å². The fourth-order valence-corrected chi connectivity index (χ4v) is 2.78. The average Bonchev–Trinajstić information content (AvgIpc) is 3.12. The van der Waals surface area contributed by atoms with Crippen LogP contribution in [0.15, 0.2) is 29.0 Å². The van der Waals surface area contributed by atoms with Crippen molar-refractivity contribution in [1.29, 1.82) is 0 Å². The molecule has 0 aliphatic carbocycles. The molecule has 3 rings (SSSR count). The molecule has 1 amide bonds. The molecule has 8 heteroatoms. The molecule has 0 spiro atoms. The number of rotatable bonds is 5. The summed E-state index contributed by atoms with van der Waals surface area (Å²) in [6.07, 6.45) is 3.96. The second-order valence-corrected chi connectivity index (χ2v) is 5.81. The molecule has 2 atom stereocenters. The van der Waals surface area contributed by atoms with Gasteiger partial charge in [-0.05, 0) is 16.8 Å². The summed E-state index contributed by atoms with van der Waals surface area (Å²) in [7, 11) is 5.52. The Morgan fingerprint density at radius 2 is 2.30 bits per heavy atom. The van der Waals surface area contributed by atoms with E-state index in [2.05, 4.69) is 20.4 Å². The fourth-order valence-electron chi connectivity index (χ4n) is 2.78. The van der Waals surface area contributed by atoms with Crippen LogP contribution in [0.25, 0.3) is 0 Å². The number of amides is 1. The monoisotopic (exact) mass is 316 g/mol. The number of anilines is 1. The van der Waals surface area contributed by atoms with E-state index < -0.39 is 0 Å². The van der Waals surface area contributed by atoms with E-state index in [0.717, 1.165) is 5.56 Å². The van der Waals surface area contributed by atoms with Gasteiger partial charge < -0.3 is 19.6 Å². The van der Waals surface area contributed by atoms with Crippen molar-refractivity contribution in [2.24, 2.45) is 0 Å². The third-order valence-corrected chi connectivity index (χ3v) is 3.99. The first kappa shape index (κ1) is 15.4. The van der Waals surface area contributed by atoms with Crippen LogP contribution in [-0.2, 0) is 11.3 Å². The van der Waals surface area contributed by atoms with Crippen LogP contribution in [0.3, 0.4) is 0 Å². The Bertz CT molecular complexity index is 672. The van der Waals surface area contributed by atoms with E-state index in [1.165, 1.54) is 0 Å². The number of aromatic nitrogens is 3. The number of carbonyl (C=O) groups is 1. The molecule has 0 unspecified atom stereocenters. The topological polar surface area (TPSA) is 87.4 Å². The molecule has 1 aliphatic heterocycles. The molecule has 23 heavy (non-hydrogen) atoms. The molecule has 1 aliphatic rings. The maximum Gasteiger partial charge on any atom is 0.265 e. The second-order valence-electron chi connectivity index (χ2n) is 5.81. The van der Waals surface area contributed by atoms with Crippen LogP contribution in [0.5, 0.6) is 0 Å². The number of carbonyl (C=O) groups excluding carboxylic acids is 1. The highest BCUT2D eigenvalue weighted by atomic mass is 16.5. The highest BCUT2D eigenvalue weighted by molar-refractivity contribution is 5.80. The lowest BCUT2D eigenvalue weighted by atomic mass is 10.0. The standard InChI is InChI=1S/C15H20N6O2/c1-20(2)15-18-12(23-19-15)9-17-11-7-13(22)21(3)14(11)10-5-4-6-16-8-10/h4-6,8,11,14,17H,7,9H2,1-3H3/t11-,14+/m1/s1. The van der Waals surface area contributed by atoms with Crippen LogP contribution in [0.4, 0.5) is 5.95 Å². The van der Waals surface area contributed by atoms with Gasteiger partial charge in [0.05, 0.1) is 12.6 Å². The van der Waals surface area contributed by atoms with Crippen LogP contribution in [0.2, 0.25) is 0 Å². The van der Waals surface area contributed by atoms with Crippen molar-refractivity contribution < 1.29 is 9.32 Å². The lowest BCUT2D eigenvalue weighted by Gasteiger charge is -2.25. The SMILES string of the molecule is CN(C)c1noc(CN[C@@H]2CC(=O)N(C)[C@H]2c2cccnc2)n1. The van der Waals surface area contributed by atoms with Gasteiger partial charge in [0.2, 0.25) is 11.8 Å². The van der Waals surface area contributed by atoms with Crippen LogP contribution in [-0.4, -0.2) is 53.1 Å². The fraction of sp³-hybridized carbons (Fsp3) is 0.467. The van der Waals surface area contributed by atoms with Crippen LogP contribution >= 0.6 is 0 Å². The molecule has 0 radical (unpaired) electrons. The smallest absolute Gasteiger partial charge is 0.265 e. The third-order valence-electron chi connectivity index (χ3n) is 3.99. The number of hydrogen-bond acceptors (Lipinski definition) is 7. The molecule has 0 aromatic carbocycles. The predicted octanol–water partition coefficient (Wildman–Crippen LogP) is 0.592. The van der Waals surface area contributed by atoms with E-state index in [0.29, 0.717) is 24.8 Å². The van der Waals surface area contributed by atoms with Gasteiger partial charge in [0.1, 0.15) is 0 Å². The van der Waals surface area contributed by atoms with Crippen molar-refractivity contribution >= 4 is 11.9 Å². The number of nitrogens with zero attached hydrogens (tertiary/aromatic N) is 5. The Balaban J connectivity index is 1.71. The van der Waals surface area contributed by atoms with Gasteiger partial charge >= 0.3 is 0 Å². The van der Waals surface area contributed by atoms with E-state index in [1.54, 1.807) is 22.2 Å². The quantitative estimate of drug-likeness (QED) is 0.864. The van der Waals surface area contributed by atoms with Crippen molar-refractivity contribution in [3.05, 3.63) is 36.0 Å². The molecular formula is C15H20N6O2. The average molecular weight is 316 g/mol. The first-order valence-corrected chi connectivity index (χ1v) is 7.45. The van der Waals surface area contributed by atoms with Gasteiger partial charge in [-0.15, -0.1) is 0 Å². The molecule has 1 N–H and O–H groups in total. The zero-order chi connectivity index (χ0) is 16.4. The van der Waals surface area contributed by atoms with Gasteiger partial charge in [-0.2, -0.15) is 4.98 Å². The zero-order valence-electron chi connectivity index (χ0n) is 13.4. The molecule has 2 aromatic rings. The van der Waals surface area contributed by atoms with Gasteiger partial charge in [0.25, 0.3) is 5.95 Å².